The van der Waals surface area contributed by atoms with Crippen LogP contribution in [0.1, 0.15) is 45.8 Å². The van der Waals surface area contributed by atoms with Gasteiger partial charge in [0.15, 0.2) is 0 Å². The summed E-state index contributed by atoms with van der Waals surface area (Å²) in [5, 5.41) is 8.88. The van der Waals surface area contributed by atoms with Crippen molar-refractivity contribution in [1.29, 1.82) is 0 Å². The van der Waals surface area contributed by atoms with E-state index >= 15 is 0 Å². The summed E-state index contributed by atoms with van der Waals surface area (Å²) in [5.74, 6) is 0.0424. The van der Waals surface area contributed by atoms with Gasteiger partial charge in [0.1, 0.15) is 0 Å². The topological polar surface area (TPSA) is 40.5 Å². The highest BCUT2D eigenvalue weighted by atomic mass is 32.1. The van der Waals surface area contributed by atoms with Crippen LogP contribution in [0.15, 0.2) is 6.07 Å². The molecule has 0 bridgehead atoms. The summed E-state index contributed by atoms with van der Waals surface area (Å²) < 4.78 is 0. The molecule has 18 heavy (non-hydrogen) atoms. The summed E-state index contributed by atoms with van der Waals surface area (Å²) in [6.07, 6.45) is 7.34. The van der Waals surface area contributed by atoms with E-state index in [1.54, 1.807) is 23.3 Å². The normalized spacial score (nSPS) is 15.7. The minimum Gasteiger partial charge on any atom is -0.395 e. The Morgan fingerprint density at radius 1 is 1.33 bits per heavy atom. The highest BCUT2D eigenvalue weighted by Crippen LogP contribution is 2.29. The molecule has 3 nitrogen and oxygen atoms in total. The first-order valence-electron chi connectivity index (χ1n) is 6.70. The number of aryl methyl sites for hydroxylation is 2. The van der Waals surface area contributed by atoms with Crippen molar-refractivity contribution in [1.82, 2.24) is 4.90 Å². The lowest BCUT2D eigenvalue weighted by atomic mass is 10.00. The molecule has 0 saturated heterocycles. The van der Waals surface area contributed by atoms with Gasteiger partial charge in [-0.2, -0.15) is 0 Å². The lowest BCUT2D eigenvalue weighted by Crippen LogP contribution is -2.28. The minimum absolute atomic E-state index is 0.0212. The Kier molecular flexibility index (Phi) is 4.78. The first-order valence-corrected chi connectivity index (χ1v) is 7.52. The number of aliphatic hydroxyl groups excluding tert-OH is 1. The molecule has 0 aliphatic heterocycles. The molecule has 1 aromatic rings. The molecule has 1 N–H and O–H groups in total. The third-order valence-corrected chi connectivity index (χ3v) is 4.71. The second-order valence-electron chi connectivity index (χ2n) is 4.92. The smallest absolute Gasteiger partial charge is 0.263 e. The Morgan fingerprint density at radius 3 is 2.78 bits per heavy atom. The Labute approximate surface area is 112 Å². The van der Waals surface area contributed by atoms with Crippen LogP contribution >= 0.6 is 11.3 Å². The zero-order valence-corrected chi connectivity index (χ0v) is 11.8. The molecule has 0 fully saturated rings. The van der Waals surface area contributed by atoms with Gasteiger partial charge in [-0.3, -0.25) is 4.79 Å². The van der Waals surface area contributed by atoms with E-state index in [0.29, 0.717) is 6.54 Å². The molecule has 1 aliphatic carbocycles. The summed E-state index contributed by atoms with van der Waals surface area (Å²) in [4.78, 5) is 16.0. The van der Waals surface area contributed by atoms with Crippen LogP contribution in [0.4, 0.5) is 0 Å². The molecule has 1 aliphatic rings. The van der Waals surface area contributed by atoms with Gasteiger partial charge in [-0.25, -0.2) is 0 Å². The molecular formula is C14H21NO2S. The van der Waals surface area contributed by atoms with E-state index in [-0.39, 0.29) is 12.5 Å². The molecule has 1 amide bonds. The van der Waals surface area contributed by atoms with E-state index in [4.69, 9.17) is 5.11 Å². The summed E-state index contributed by atoms with van der Waals surface area (Å²) in [7, 11) is 1.75. The van der Waals surface area contributed by atoms with Gasteiger partial charge in [0.2, 0.25) is 0 Å². The maximum Gasteiger partial charge on any atom is 0.263 e. The van der Waals surface area contributed by atoms with Crippen molar-refractivity contribution in [3.05, 3.63) is 21.4 Å². The number of hydrogen-bond donors (Lipinski definition) is 1. The summed E-state index contributed by atoms with van der Waals surface area (Å²) in [6, 6.07) is 2.07. The number of amides is 1. The average molecular weight is 267 g/mol. The number of carbonyl (C=O) groups excluding carboxylic acids is 1. The second kappa shape index (κ2) is 6.34. The van der Waals surface area contributed by atoms with Gasteiger partial charge in [0.25, 0.3) is 5.91 Å². The fourth-order valence-corrected chi connectivity index (χ4v) is 3.64. The van der Waals surface area contributed by atoms with Crippen LogP contribution in [0.25, 0.3) is 0 Å². The molecule has 0 saturated carbocycles. The number of hydrogen-bond acceptors (Lipinski definition) is 3. The van der Waals surface area contributed by atoms with Crippen LogP contribution in [0.5, 0.6) is 0 Å². The first-order chi connectivity index (χ1) is 8.72. The van der Waals surface area contributed by atoms with Crippen LogP contribution in [0, 0.1) is 0 Å². The van der Waals surface area contributed by atoms with Crippen LogP contribution in [0.3, 0.4) is 0 Å². The van der Waals surface area contributed by atoms with Crippen LogP contribution in [0.2, 0.25) is 0 Å². The van der Waals surface area contributed by atoms with Crippen LogP contribution < -0.4 is 0 Å². The van der Waals surface area contributed by atoms with Gasteiger partial charge in [-0.1, -0.05) is 12.8 Å². The van der Waals surface area contributed by atoms with Gasteiger partial charge in [-0.15, -0.1) is 11.3 Å². The predicted molar refractivity (Wildman–Crippen MR) is 74.2 cm³/mol. The van der Waals surface area contributed by atoms with Crippen molar-refractivity contribution in [2.45, 2.75) is 38.5 Å². The molecule has 0 radical (unpaired) electrons. The van der Waals surface area contributed by atoms with Gasteiger partial charge in [-0.05, 0) is 37.3 Å². The molecular weight excluding hydrogens is 246 g/mol. The van der Waals surface area contributed by atoms with E-state index in [0.717, 1.165) is 17.7 Å². The molecule has 1 heterocycles. The molecule has 2 rings (SSSR count). The number of thiophene rings is 1. The molecule has 0 atom stereocenters. The van der Waals surface area contributed by atoms with Crippen molar-refractivity contribution in [3.8, 4) is 0 Å². The van der Waals surface area contributed by atoms with Gasteiger partial charge >= 0.3 is 0 Å². The highest BCUT2D eigenvalue weighted by Gasteiger charge is 2.18. The molecule has 0 aromatic carbocycles. The monoisotopic (exact) mass is 267 g/mol. The molecule has 0 unspecified atom stereocenters. The number of rotatable bonds is 3. The zero-order valence-electron chi connectivity index (χ0n) is 10.9. The number of aliphatic hydroxyl groups is 1. The first kappa shape index (κ1) is 13.6. The SMILES string of the molecule is CN(CCO)C(=O)c1cc2c(s1)CCCCCC2. The maximum absolute atomic E-state index is 12.1. The van der Waals surface area contributed by atoms with E-state index in [1.165, 1.54) is 36.1 Å². The molecule has 1 aromatic heterocycles. The Hall–Kier alpha value is -0.870. The predicted octanol–water partition coefficient (Wildman–Crippen LogP) is 2.47. The van der Waals surface area contributed by atoms with Gasteiger partial charge in [0.05, 0.1) is 11.5 Å². The average Bonchev–Trinajstić information content (AvgIpc) is 2.71. The van der Waals surface area contributed by atoms with Gasteiger partial charge in [0, 0.05) is 18.5 Å². The third kappa shape index (κ3) is 3.12. The number of carbonyl (C=O) groups is 1. The van der Waals surface area contributed by atoms with Crippen molar-refractivity contribution in [2.75, 3.05) is 20.2 Å². The Balaban J connectivity index is 2.14. The van der Waals surface area contributed by atoms with Crippen molar-refractivity contribution >= 4 is 17.2 Å². The fraction of sp³-hybridized carbons (Fsp3) is 0.643. The van der Waals surface area contributed by atoms with E-state index in [9.17, 15) is 4.79 Å². The molecule has 100 valence electrons. The zero-order chi connectivity index (χ0) is 13.0. The minimum atomic E-state index is 0.0212. The Bertz CT molecular complexity index is 388. The van der Waals surface area contributed by atoms with Crippen molar-refractivity contribution < 1.29 is 9.90 Å². The largest absolute Gasteiger partial charge is 0.395 e. The second-order valence-corrected chi connectivity index (χ2v) is 6.06. The lowest BCUT2D eigenvalue weighted by Gasteiger charge is -2.13. The van der Waals surface area contributed by atoms with Gasteiger partial charge < -0.3 is 10.0 Å². The highest BCUT2D eigenvalue weighted by molar-refractivity contribution is 7.14. The van der Waals surface area contributed by atoms with Crippen LogP contribution in [-0.2, 0) is 12.8 Å². The van der Waals surface area contributed by atoms with E-state index in [1.807, 2.05) is 0 Å². The van der Waals surface area contributed by atoms with Crippen molar-refractivity contribution in [2.24, 2.45) is 0 Å². The van der Waals surface area contributed by atoms with E-state index < -0.39 is 0 Å². The van der Waals surface area contributed by atoms with Crippen LogP contribution in [-0.4, -0.2) is 36.1 Å². The summed E-state index contributed by atoms with van der Waals surface area (Å²) >= 11 is 1.65. The van der Waals surface area contributed by atoms with E-state index in [2.05, 4.69) is 6.07 Å². The molecule has 4 heteroatoms. The number of likely N-dealkylation sites (N-methyl/N-ethyl adjacent to an activating group) is 1. The quantitative estimate of drug-likeness (QED) is 0.914. The number of nitrogens with zero attached hydrogens (tertiary/aromatic N) is 1. The fourth-order valence-electron chi connectivity index (χ4n) is 2.39. The summed E-state index contributed by atoms with van der Waals surface area (Å²) in [5.41, 5.74) is 1.38. The summed E-state index contributed by atoms with van der Waals surface area (Å²) in [6.45, 7) is 0.425. The standard InChI is InChI=1S/C14H21NO2S/c1-15(8-9-16)14(17)13-10-11-6-4-2-3-5-7-12(11)18-13/h10,16H,2-9H2,1H3. The lowest BCUT2D eigenvalue weighted by molar-refractivity contribution is 0.0771. The molecule has 0 spiro atoms. The third-order valence-electron chi connectivity index (χ3n) is 3.49. The Morgan fingerprint density at radius 2 is 2.06 bits per heavy atom. The maximum atomic E-state index is 12.1. The number of fused-ring (bicyclic) bond motifs is 1. The van der Waals surface area contributed by atoms with Crippen molar-refractivity contribution in [3.63, 3.8) is 0 Å².